The standard InChI is InChI=1S/C19H10Br2F7N3O.C9H4Br2F7N.C9H6ClN3O.CH4/c20-14-5-11(17(22,18(23,24)25)19(26,27)28)6-15(21)13(14)7-16(32)10-1-3-12(4-2-10)31-9-29-8-30-31;10-4-1-3(2-5(11)6(4)19)7(12,8(13,14)15)9(16,17)18;10-9(14)7-1-3-8(4-2-7)13-6-11-5-12-13;/h1-6,8-9H,7H2;1-2H,19H2;1-6H;1H4. The molecule has 0 aliphatic heterocycles. The summed E-state index contributed by atoms with van der Waals surface area (Å²) >= 11 is 16.4. The van der Waals surface area contributed by atoms with Crippen LogP contribution >= 0.6 is 75.3 Å². The predicted octanol–water partition coefficient (Wildman–Crippen LogP) is 13.9. The zero-order valence-corrected chi connectivity index (χ0v) is 38.3. The third kappa shape index (κ3) is 12.2. The highest BCUT2D eigenvalue weighted by molar-refractivity contribution is 9.11. The highest BCUT2D eigenvalue weighted by atomic mass is 79.9. The van der Waals surface area contributed by atoms with Crippen LogP contribution in [0.15, 0.2) is 116 Å². The van der Waals surface area contributed by atoms with Gasteiger partial charge in [0.2, 0.25) is 0 Å². The number of alkyl halides is 14. The highest BCUT2D eigenvalue weighted by Crippen LogP contribution is 2.55. The molecule has 4 aromatic carbocycles. The first-order chi connectivity index (χ1) is 29.8. The van der Waals surface area contributed by atoms with E-state index in [-0.39, 0.29) is 48.6 Å². The van der Waals surface area contributed by atoms with Crippen molar-refractivity contribution in [2.45, 2.75) is 49.9 Å². The lowest BCUT2D eigenvalue weighted by atomic mass is 9.92. The number of carbonyl (C=O) groups is 2. The molecule has 28 heteroatoms. The fraction of sp³-hybridized carbons (Fsp3) is 0.211. The first-order valence-corrected chi connectivity index (χ1v) is 20.4. The Kier molecular flexibility index (Phi) is 18.0. The van der Waals surface area contributed by atoms with Gasteiger partial charge in [0.25, 0.3) is 5.24 Å². The molecule has 2 aromatic heterocycles. The van der Waals surface area contributed by atoms with E-state index in [1.54, 1.807) is 47.4 Å². The van der Waals surface area contributed by atoms with Gasteiger partial charge in [-0.15, -0.1) is 0 Å². The lowest BCUT2D eigenvalue weighted by molar-refractivity contribution is -0.349. The molecule has 6 rings (SSSR count). The highest BCUT2D eigenvalue weighted by Gasteiger charge is 2.74. The number of rotatable bonds is 8. The van der Waals surface area contributed by atoms with Crippen LogP contribution in [0.1, 0.15) is 44.8 Å². The third-order valence-corrected chi connectivity index (χ3v) is 11.5. The molecular formula is C38H24Br4ClF14N7O2. The summed E-state index contributed by atoms with van der Waals surface area (Å²) < 4.78 is 183. The summed E-state index contributed by atoms with van der Waals surface area (Å²) in [6, 6.07) is 14.4. The lowest BCUT2D eigenvalue weighted by Crippen LogP contribution is -2.50. The number of aromatic nitrogens is 6. The quantitative estimate of drug-likeness (QED) is 0.0697. The molecule has 0 aliphatic carbocycles. The second-order valence-corrected chi connectivity index (χ2v) is 16.5. The molecule has 9 nitrogen and oxygen atoms in total. The van der Waals surface area contributed by atoms with Gasteiger partial charge in [-0.3, -0.25) is 9.59 Å². The molecule has 0 amide bonds. The van der Waals surface area contributed by atoms with E-state index >= 15 is 0 Å². The van der Waals surface area contributed by atoms with Crippen LogP contribution in [-0.2, 0) is 17.8 Å². The fourth-order valence-electron chi connectivity index (χ4n) is 5.22. The van der Waals surface area contributed by atoms with Crippen molar-refractivity contribution in [3.63, 3.8) is 0 Å². The molecule has 0 spiro atoms. The van der Waals surface area contributed by atoms with Crippen LogP contribution in [0, 0.1) is 0 Å². The summed E-state index contributed by atoms with van der Waals surface area (Å²) in [4.78, 5) is 31.0. The Morgan fingerprint density at radius 2 is 0.864 bits per heavy atom. The first-order valence-electron chi connectivity index (χ1n) is 16.9. The van der Waals surface area contributed by atoms with Gasteiger partial charge in [-0.25, -0.2) is 28.1 Å². The molecule has 356 valence electrons. The number of halogens is 19. The van der Waals surface area contributed by atoms with Crippen molar-refractivity contribution in [3.8, 4) is 11.4 Å². The van der Waals surface area contributed by atoms with Crippen molar-refractivity contribution >= 4 is 92.0 Å². The fourth-order valence-corrected chi connectivity index (χ4v) is 8.00. The van der Waals surface area contributed by atoms with Gasteiger partial charge < -0.3 is 5.73 Å². The zero-order valence-electron chi connectivity index (χ0n) is 31.2. The van der Waals surface area contributed by atoms with Gasteiger partial charge in [0.1, 0.15) is 25.3 Å². The van der Waals surface area contributed by atoms with Gasteiger partial charge in [0, 0.05) is 46.6 Å². The van der Waals surface area contributed by atoms with Gasteiger partial charge in [-0.1, -0.05) is 39.3 Å². The second-order valence-electron chi connectivity index (χ2n) is 12.7. The van der Waals surface area contributed by atoms with Crippen molar-refractivity contribution in [1.29, 1.82) is 0 Å². The third-order valence-electron chi connectivity index (χ3n) is 8.57. The van der Waals surface area contributed by atoms with Gasteiger partial charge in [0.05, 0.1) is 17.1 Å². The molecule has 66 heavy (non-hydrogen) atoms. The topological polar surface area (TPSA) is 122 Å². The number of anilines is 1. The summed E-state index contributed by atoms with van der Waals surface area (Å²) in [5, 5.41) is 7.42. The van der Waals surface area contributed by atoms with Crippen molar-refractivity contribution < 1.29 is 71.1 Å². The number of nitrogen functional groups attached to an aromatic ring is 1. The van der Waals surface area contributed by atoms with E-state index in [0.29, 0.717) is 35.5 Å². The van der Waals surface area contributed by atoms with Gasteiger partial charge in [-0.05, 0) is 122 Å². The summed E-state index contributed by atoms with van der Waals surface area (Å²) in [5.41, 5.74) is -6.92. The monoisotopic (exact) mass is 1230 g/mol. The minimum atomic E-state index is -6.24. The van der Waals surface area contributed by atoms with Crippen LogP contribution in [0.25, 0.3) is 11.4 Å². The average Bonchev–Trinajstić information content (AvgIpc) is 3.96. The molecule has 2 heterocycles. The molecule has 0 unspecified atom stereocenters. The van der Waals surface area contributed by atoms with Gasteiger partial charge in [-0.2, -0.15) is 62.9 Å². The predicted molar refractivity (Wildman–Crippen MR) is 226 cm³/mol. The Morgan fingerprint density at radius 3 is 1.15 bits per heavy atom. The van der Waals surface area contributed by atoms with Crippen molar-refractivity contribution in [2.75, 3.05) is 5.73 Å². The number of Topliss-reactive ketones (excluding diaryl/α,β-unsaturated/α-hetero) is 1. The van der Waals surface area contributed by atoms with E-state index in [2.05, 4.69) is 83.9 Å². The van der Waals surface area contributed by atoms with Crippen LogP contribution in [0.3, 0.4) is 0 Å². The minimum Gasteiger partial charge on any atom is -0.397 e. The summed E-state index contributed by atoms with van der Waals surface area (Å²) in [7, 11) is 0. The maximum atomic E-state index is 14.3. The number of nitrogens with zero attached hydrogens (tertiary/aromatic N) is 6. The molecular weight excluding hydrogens is 1210 g/mol. The largest absolute Gasteiger partial charge is 0.435 e. The van der Waals surface area contributed by atoms with E-state index in [1.807, 2.05) is 0 Å². The maximum absolute atomic E-state index is 14.3. The van der Waals surface area contributed by atoms with E-state index in [1.165, 1.54) is 35.8 Å². The second kappa shape index (κ2) is 21.2. The maximum Gasteiger partial charge on any atom is 0.435 e. The van der Waals surface area contributed by atoms with Gasteiger partial charge >= 0.3 is 36.0 Å². The van der Waals surface area contributed by atoms with E-state index in [9.17, 15) is 71.1 Å². The molecule has 0 radical (unpaired) electrons. The van der Waals surface area contributed by atoms with Crippen molar-refractivity contribution in [3.05, 3.63) is 144 Å². The number of benzene rings is 4. The smallest absolute Gasteiger partial charge is 0.397 e. The summed E-state index contributed by atoms with van der Waals surface area (Å²) in [6.07, 6.45) is -19.4. The Balaban J connectivity index is 0.000000288. The van der Waals surface area contributed by atoms with E-state index in [0.717, 1.165) is 5.69 Å². The molecule has 6 aromatic rings. The van der Waals surface area contributed by atoms with Crippen molar-refractivity contribution in [2.24, 2.45) is 0 Å². The molecule has 2 N–H and O–H groups in total. The number of ketones is 1. The van der Waals surface area contributed by atoms with Crippen molar-refractivity contribution in [1.82, 2.24) is 29.5 Å². The molecule has 0 aliphatic rings. The summed E-state index contributed by atoms with van der Waals surface area (Å²) in [6.45, 7) is 0. The average molecular weight is 1230 g/mol. The van der Waals surface area contributed by atoms with Crippen LogP contribution < -0.4 is 5.73 Å². The number of hydrogen-bond acceptors (Lipinski definition) is 7. The molecule has 0 atom stereocenters. The SMILES string of the molecule is C.Nc1c(Br)cc(C(F)(C(F)(F)F)C(F)(F)F)cc1Br.O=C(Cc1c(Br)cc(C(F)(C(F)(F)F)C(F)(F)F)cc1Br)c1ccc(-n2cncn2)cc1.O=C(Cl)c1ccc(-n2cncn2)cc1. The lowest BCUT2D eigenvalue weighted by Gasteiger charge is -2.31. The number of hydrogen-bond donors (Lipinski definition) is 1. The van der Waals surface area contributed by atoms with E-state index in [4.69, 9.17) is 17.3 Å². The molecule has 0 saturated heterocycles. The Morgan fingerprint density at radius 1 is 0.545 bits per heavy atom. The van der Waals surface area contributed by atoms with Crippen LogP contribution in [-0.4, -0.2) is 65.3 Å². The number of nitrogens with two attached hydrogens (primary N) is 1. The van der Waals surface area contributed by atoms with Crippen LogP contribution in [0.5, 0.6) is 0 Å². The number of carbonyl (C=O) groups excluding carboxylic acids is 2. The van der Waals surface area contributed by atoms with E-state index < -0.39 is 58.2 Å². The molecule has 0 fully saturated rings. The van der Waals surface area contributed by atoms with Gasteiger partial charge in [0.15, 0.2) is 5.78 Å². The molecule has 0 bridgehead atoms. The Bertz CT molecular complexity index is 2540. The normalized spacial score (nSPS) is 12.3. The minimum absolute atomic E-state index is 0. The van der Waals surface area contributed by atoms with Crippen LogP contribution in [0.2, 0.25) is 0 Å². The Labute approximate surface area is 401 Å². The Hall–Kier alpha value is -4.47. The molecule has 0 saturated carbocycles. The summed E-state index contributed by atoms with van der Waals surface area (Å²) in [5.74, 6) is -0.470. The zero-order chi connectivity index (χ0) is 49.1. The van der Waals surface area contributed by atoms with Crippen LogP contribution in [0.4, 0.5) is 67.2 Å². The first kappa shape index (κ1) is 55.9.